The Labute approximate surface area is 107 Å². The number of amides is 2. The van der Waals surface area contributed by atoms with Crippen LogP contribution in [0.25, 0.3) is 0 Å². The van der Waals surface area contributed by atoms with E-state index in [2.05, 4.69) is 17.6 Å². The van der Waals surface area contributed by atoms with Gasteiger partial charge in [0.1, 0.15) is 0 Å². The van der Waals surface area contributed by atoms with Crippen LogP contribution in [0.3, 0.4) is 0 Å². The summed E-state index contributed by atoms with van der Waals surface area (Å²) in [5.41, 5.74) is 0.940. The van der Waals surface area contributed by atoms with Gasteiger partial charge in [0.15, 0.2) is 0 Å². The molecule has 0 bridgehead atoms. The second-order valence-corrected chi connectivity index (χ2v) is 4.78. The molecule has 2 N–H and O–H groups in total. The average molecular weight is 246 g/mol. The number of piperidine rings is 1. The Morgan fingerprint density at radius 1 is 1.11 bits per heavy atom. The van der Waals surface area contributed by atoms with Gasteiger partial charge in [-0.2, -0.15) is 0 Å². The Hall–Kier alpha value is -1.68. The molecule has 0 saturated carbocycles. The molecule has 0 aromatic heterocycles. The van der Waals surface area contributed by atoms with Crippen molar-refractivity contribution < 1.29 is 9.59 Å². The molecule has 2 aliphatic heterocycles. The van der Waals surface area contributed by atoms with E-state index in [0.717, 1.165) is 5.92 Å². The van der Waals surface area contributed by atoms with Crippen LogP contribution in [0.15, 0.2) is 24.3 Å². The largest absolute Gasteiger partial charge is 0.316 e. The molecule has 96 valence electrons. The maximum absolute atomic E-state index is 10.9. The fourth-order valence-corrected chi connectivity index (χ4v) is 2.14. The fraction of sp³-hybridized carbons (Fsp3) is 0.429. The Kier molecular flexibility index (Phi) is 4.10. The first-order chi connectivity index (χ1) is 8.68. The summed E-state index contributed by atoms with van der Waals surface area (Å²) < 4.78 is 0. The van der Waals surface area contributed by atoms with Crippen LogP contribution in [0.1, 0.15) is 40.5 Å². The van der Waals surface area contributed by atoms with Crippen LogP contribution in [-0.2, 0) is 0 Å². The maximum Gasteiger partial charge on any atom is 0.258 e. The molecule has 0 spiro atoms. The second kappa shape index (κ2) is 5.78. The van der Waals surface area contributed by atoms with Gasteiger partial charge < -0.3 is 5.32 Å². The number of imide groups is 1. The first kappa shape index (κ1) is 12.8. The van der Waals surface area contributed by atoms with Crippen molar-refractivity contribution in [1.29, 1.82) is 0 Å². The summed E-state index contributed by atoms with van der Waals surface area (Å²) in [6.07, 6.45) is 2.80. The van der Waals surface area contributed by atoms with Gasteiger partial charge in [-0.05, 0) is 44.0 Å². The van der Waals surface area contributed by atoms with Crippen molar-refractivity contribution in [2.75, 3.05) is 13.1 Å². The normalized spacial score (nSPS) is 21.7. The van der Waals surface area contributed by atoms with Crippen molar-refractivity contribution in [2.24, 2.45) is 5.92 Å². The molecule has 1 fully saturated rings. The third-order valence-corrected chi connectivity index (χ3v) is 3.19. The smallest absolute Gasteiger partial charge is 0.258 e. The Balaban J connectivity index is 0.000000149. The van der Waals surface area contributed by atoms with Gasteiger partial charge in [-0.3, -0.25) is 14.9 Å². The Morgan fingerprint density at radius 2 is 1.72 bits per heavy atom. The summed E-state index contributed by atoms with van der Waals surface area (Å²) in [7, 11) is 0. The van der Waals surface area contributed by atoms with Crippen molar-refractivity contribution in [1.82, 2.24) is 10.6 Å². The zero-order chi connectivity index (χ0) is 13.0. The van der Waals surface area contributed by atoms with E-state index in [-0.39, 0.29) is 11.8 Å². The molecule has 2 heterocycles. The van der Waals surface area contributed by atoms with Gasteiger partial charge in [0, 0.05) is 0 Å². The van der Waals surface area contributed by atoms with E-state index in [0.29, 0.717) is 11.1 Å². The number of carbonyl (C=O) groups is 2. The van der Waals surface area contributed by atoms with Crippen molar-refractivity contribution >= 4 is 11.8 Å². The first-order valence-corrected chi connectivity index (χ1v) is 6.34. The summed E-state index contributed by atoms with van der Waals surface area (Å²) in [5, 5.41) is 5.54. The molecule has 1 atom stereocenters. The molecule has 2 amide bonds. The average Bonchev–Trinajstić information content (AvgIpc) is 2.68. The van der Waals surface area contributed by atoms with Gasteiger partial charge >= 0.3 is 0 Å². The van der Waals surface area contributed by atoms with E-state index in [9.17, 15) is 9.59 Å². The van der Waals surface area contributed by atoms with Gasteiger partial charge in [0.25, 0.3) is 11.8 Å². The lowest BCUT2D eigenvalue weighted by molar-refractivity contribution is 0.0879. The maximum atomic E-state index is 10.9. The Morgan fingerprint density at radius 3 is 2.11 bits per heavy atom. The van der Waals surface area contributed by atoms with E-state index < -0.39 is 0 Å². The minimum Gasteiger partial charge on any atom is -0.316 e. The lowest BCUT2D eigenvalue weighted by Crippen LogP contribution is -2.27. The molecule has 4 nitrogen and oxygen atoms in total. The third-order valence-electron chi connectivity index (χ3n) is 3.19. The Bertz CT molecular complexity index is 418. The molecule has 1 aromatic rings. The number of fused-ring (bicyclic) bond motifs is 1. The predicted octanol–water partition coefficient (Wildman–Crippen LogP) is 1.58. The summed E-state index contributed by atoms with van der Waals surface area (Å²) >= 11 is 0. The number of benzene rings is 1. The minimum absolute atomic E-state index is 0.300. The molecule has 0 radical (unpaired) electrons. The highest BCUT2D eigenvalue weighted by molar-refractivity contribution is 6.21. The van der Waals surface area contributed by atoms with Crippen LogP contribution in [0.5, 0.6) is 0 Å². The van der Waals surface area contributed by atoms with E-state index in [1.807, 2.05) is 0 Å². The molecular formula is C14H18N2O2. The van der Waals surface area contributed by atoms with E-state index in [1.165, 1.54) is 25.9 Å². The molecular weight excluding hydrogens is 228 g/mol. The van der Waals surface area contributed by atoms with E-state index in [1.54, 1.807) is 24.3 Å². The lowest BCUT2D eigenvalue weighted by Gasteiger charge is -2.17. The lowest BCUT2D eigenvalue weighted by atomic mass is 10.0. The van der Waals surface area contributed by atoms with Gasteiger partial charge in [0.05, 0.1) is 11.1 Å². The highest BCUT2D eigenvalue weighted by Crippen LogP contribution is 2.13. The van der Waals surface area contributed by atoms with E-state index in [4.69, 9.17) is 0 Å². The number of nitrogens with one attached hydrogen (secondary N) is 2. The van der Waals surface area contributed by atoms with Crippen molar-refractivity contribution in [3.8, 4) is 0 Å². The summed E-state index contributed by atoms with van der Waals surface area (Å²) in [6.45, 7) is 4.77. The second-order valence-electron chi connectivity index (χ2n) is 4.78. The molecule has 0 aliphatic carbocycles. The number of carbonyl (C=O) groups excluding carboxylic acids is 2. The first-order valence-electron chi connectivity index (χ1n) is 6.34. The molecule has 1 unspecified atom stereocenters. The van der Waals surface area contributed by atoms with Crippen LogP contribution < -0.4 is 10.6 Å². The predicted molar refractivity (Wildman–Crippen MR) is 69.5 cm³/mol. The zero-order valence-corrected chi connectivity index (χ0v) is 10.5. The third kappa shape index (κ3) is 2.96. The molecule has 2 aliphatic rings. The number of rotatable bonds is 0. The van der Waals surface area contributed by atoms with Gasteiger partial charge in [-0.25, -0.2) is 0 Å². The zero-order valence-electron chi connectivity index (χ0n) is 10.5. The highest BCUT2D eigenvalue weighted by atomic mass is 16.2. The van der Waals surface area contributed by atoms with Crippen molar-refractivity contribution in [2.45, 2.75) is 19.8 Å². The van der Waals surface area contributed by atoms with Crippen LogP contribution in [0, 0.1) is 5.92 Å². The van der Waals surface area contributed by atoms with Crippen LogP contribution >= 0.6 is 0 Å². The highest BCUT2D eigenvalue weighted by Gasteiger charge is 2.25. The topological polar surface area (TPSA) is 58.2 Å². The molecule has 18 heavy (non-hydrogen) atoms. The summed E-state index contributed by atoms with van der Waals surface area (Å²) in [6, 6.07) is 6.74. The van der Waals surface area contributed by atoms with Crippen LogP contribution in [0.2, 0.25) is 0 Å². The standard InChI is InChI=1S/C8H5NO2.C6H13N/c10-7-5-3-1-2-4-6(5)8(11)9-7;1-6-3-2-4-7-5-6/h1-4H,(H,9,10,11);6-7H,2-5H2,1H3. The van der Waals surface area contributed by atoms with Gasteiger partial charge in [0.2, 0.25) is 0 Å². The molecule has 1 aromatic carbocycles. The van der Waals surface area contributed by atoms with E-state index >= 15 is 0 Å². The van der Waals surface area contributed by atoms with Gasteiger partial charge in [-0.1, -0.05) is 19.1 Å². The van der Waals surface area contributed by atoms with Gasteiger partial charge in [-0.15, -0.1) is 0 Å². The van der Waals surface area contributed by atoms with Crippen molar-refractivity contribution in [3.63, 3.8) is 0 Å². The van der Waals surface area contributed by atoms with Crippen molar-refractivity contribution in [3.05, 3.63) is 35.4 Å². The summed E-state index contributed by atoms with van der Waals surface area (Å²) in [5.74, 6) is 0.324. The molecule has 4 heteroatoms. The quantitative estimate of drug-likeness (QED) is 0.683. The minimum atomic E-state index is -0.300. The van der Waals surface area contributed by atoms with Crippen LogP contribution in [0.4, 0.5) is 0 Å². The SMILES string of the molecule is CC1CCCNC1.O=C1NC(=O)c2ccccc21. The summed E-state index contributed by atoms with van der Waals surface area (Å²) in [4.78, 5) is 21.9. The fourth-order valence-electron chi connectivity index (χ4n) is 2.14. The number of hydrogen-bond acceptors (Lipinski definition) is 3. The number of hydrogen-bond donors (Lipinski definition) is 2. The van der Waals surface area contributed by atoms with Crippen LogP contribution in [-0.4, -0.2) is 24.9 Å². The molecule has 3 rings (SSSR count). The molecule has 1 saturated heterocycles. The monoisotopic (exact) mass is 246 g/mol.